The lowest BCUT2D eigenvalue weighted by Gasteiger charge is -2.29. The van der Waals surface area contributed by atoms with E-state index in [1.165, 1.54) is 5.56 Å². The first-order valence-electron chi connectivity index (χ1n) is 7.59. The number of nitrogens with zero attached hydrogens (tertiary/aromatic N) is 1. The third-order valence-corrected chi connectivity index (χ3v) is 4.17. The summed E-state index contributed by atoms with van der Waals surface area (Å²) in [5.74, 6) is -0.0777. The van der Waals surface area contributed by atoms with E-state index in [0.717, 1.165) is 19.4 Å². The fourth-order valence-electron chi connectivity index (χ4n) is 2.28. The van der Waals surface area contributed by atoms with Crippen LogP contribution in [0.5, 0.6) is 0 Å². The SMILES string of the molecule is CCC(CC)(CO)CNC(=O)c1ccc(CN(C)C)cc1. The van der Waals surface area contributed by atoms with Crippen molar-refractivity contribution in [3.05, 3.63) is 35.4 Å². The third-order valence-electron chi connectivity index (χ3n) is 4.17. The molecule has 0 heterocycles. The fraction of sp³-hybridized carbons (Fsp3) is 0.588. The van der Waals surface area contributed by atoms with E-state index in [1.807, 2.05) is 52.2 Å². The first kappa shape index (κ1) is 17.7. The predicted molar refractivity (Wildman–Crippen MR) is 86.3 cm³/mol. The molecular weight excluding hydrogens is 264 g/mol. The minimum atomic E-state index is -0.208. The summed E-state index contributed by atoms with van der Waals surface area (Å²) in [6.07, 6.45) is 1.70. The van der Waals surface area contributed by atoms with Gasteiger partial charge in [-0.3, -0.25) is 4.79 Å². The quantitative estimate of drug-likeness (QED) is 0.773. The van der Waals surface area contributed by atoms with Crippen molar-refractivity contribution in [1.82, 2.24) is 10.2 Å². The Morgan fingerprint density at radius 1 is 1.19 bits per heavy atom. The lowest BCUT2D eigenvalue weighted by Crippen LogP contribution is -2.39. The summed E-state index contributed by atoms with van der Waals surface area (Å²) in [5, 5.41) is 12.5. The van der Waals surface area contributed by atoms with Crippen LogP contribution in [0.15, 0.2) is 24.3 Å². The molecule has 0 saturated heterocycles. The van der Waals surface area contributed by atoms with E-state index in [0.29, 0.717) is 12.1 Å². The molecule has 0 aliphatic heterocycles. The van der Waals surface area contributed by atoms with Crippen LogP contribution in [0, 0.1) is 5.41 Å². The smallest absolute Gasteiger partial charge is 0.251 e. The molecule has 1 rings (SSSR count). The van der Waals surface area contributed by atoms with Gasteiger partial charge in [0.15, 0.2) is 0 Å². The van der Waals surface area contributed by atoms with Crippen LogP contribution in [0.3, 0.4) is 0 Å². The van der Waals surface area contributed by atoms with E-state index in [2.05, 4.69) is 10.2 Å². The number of aliphatic hydroxyl groups is 1. The molecular formula is C17H28N2O2. The highest BCUT2D eigenvalue weighted by atomic mass is 16.3. The molecule has 2 N–H and O–H groups in total. The van der Waals surface area contributed by atoms with E-state index in [9.17, 15) is 9.90 Å². The first-order valence-corrected chi connectivity index (χ1v) is 7.59. The van der Waals surface area contributed by atoms with Gasteiger partial charge in [0.1, 0.15) is 0 Å². The normalized spacial score (nSPS) is 11.7. The van der Waals surface area contributed by atoms with Crippen LogP contribution in [-0.2, 0) is 6.54 Å². The molecule has 0 aliphatic rings. The Kier molecular flexibility index (Phi) is 6.85. The summed E-state index contributed by atoms with van der Waals surface area (Å²) in [5.41, 5.74) is 1.64. The number of rotatable bonds is 8. The van der Waals surface area contributed by atoms with Gasteiger partial charge >= 0.3 is 0 Å². The van der Waals surface area contributed by atoms with Gasteiger partial charge in [-0.2, -0.15) is 0 Å². The Bertz CT molecular complexity index is 428. The van der Waals surface area contributed by atoms with E-state index >= 15 is 0 Å². The van der Waals surface area contributed by atoms with Gasteiger partial charge in [-0.05, 0) is 44.6 Å². The van der Waals surface area contributed by atoms with Crippen LogP contribution in [-0.4, -0.2) is 43.2 Å². The van der Waals surface area contributed by atoms with Gasteiger partial charge in [0.05, 0.1) is 6.61 Å². The van der Waals surface area contributed by atoms with E-state index in [4.69, 9.17) is 0 Å². The van der Waals surface area contributed by atoms with Gasteiger partial charge < -0.3 is 15.3 Å². The van der Waals surface area contributed by atoms with Crippen molar-refractivity contribution in [3.8, 4) is 0 Å². The molecule has 0 aliphatic carbocycles. The summed E-state index contributed by atoms with van der Waals surface area (Å²) in [6.45, 7) is 5.56. The molecule has 0 unspecified atom stereocenters. The molecule has 0 spiro atoms. The van der Waals surface area contributed by atoms with E-state index in [1.54, 1.807) is 0 Å². The van der Waals surface area contributed by atoms with Crippen LogP contribution in [0.25, 0.3) is 0 Å². The zero-order chi connectivity index (χ0) is 15.9. The first-order chi connectivity index (χ1) is 9.96. The number of aliphatic hydroxyl groups excluding tert-OH is 1. The predicted octanol–water partition coefficient (Wildman–Crippen LogP) is 2.28. The van der Waals surface area contributed by atoms with Crippen molar-refractivity contribution in [2.45, 2.75) is 33.2 Å². The molecule has 0 atom stereocenters. The zero-order valence-electron chi connectivity index (χ0n) is 13.6. The minimum absolute atomic E-state index is 0.0777. The second-order valence-corrected chi connectivity index (χ2v) is 5.98. The summed E-state index contributed by atoms with van der Waals surface area (Å²) in [6, 6.07) is 7.67. The highest BCUT2D eigenvalue weighted by Crippen LogP contribution is 2.24. The maximum Gasteiger partial charge on any atom is 0.251 e. The average molecular weight is 292 g/mol. The van der Waals surface area contributed by atoms with Gasteiger partial charge in [0.25, 0.3) is 5.91 Å². The fourth-order valence-corrected chi connectivity index (χ4v) is 2.28. The third kappa shape index (κ3) is 5.14. The van der Waals surface area contributed by atoms with Gasteiger partial charge in [0, 0.05) is 24.1 Å². The average Bonchev–Trinajstić information content (AvgIpc) is 2.49. The highest BCUT2D eigenvalue weighted by molar-refractivity contribution is 5.94. The van der Waals surface area contributed by atoms with Gasteiger partial charge in [-0.15, -0.1) is 0 Å². The molecule has 118 valence electrons. The number of amides is 1. The Hall–Kier alpha value is -1.39. The molecule has 0 radical (unpaired) electrons. The number of nitrogens with one attached hydrogen (secondary N) is 1. The standard InChI is InChI=1S/C17H28N2O2/c1-5-17(6-2,13-20)12-18-16(21)15-9-7-14(8-10-15)11-19(3)4/h7-10,20H,5-6,11-13H2,1-4H3,(H,18,21). The molecule has 0 bridgehead atoms. The van der Waals surface area contributed by atoms with Crippen LogP contribution in [0.4, 0.5) is 0 Å². The van der Waals surface area contributed by atoms with Crippen molar-refractivity contribution < 1.29 is 9.90 Å². The number of hydrogen-bond acceptors (Lipinski definition) is 3. The summed E-state index contributed by atoms with van der Waals surface area (Å²) >= 11 is 0. The summed E-state index contributed by atoms with van der Waals surface area (Å²) < 4.78 is 0. The minimum Gasteiger partial charge on any atom is -0.396 e. The zero-order valence-corrected chi connectivity index (χ0v) is 13.6. The molecule has 1 amide bonds. The van der Waals surface area contributed by atoms with Crippen LogP contribution in [0.1, 0.15) is 42.6 Å². The molecule has 21 heavy (non-hydrogen) atoms. The molecule has 0 fully saturated rings. The van der Waals surface area contributed by atoms with Crippen molar-refractivity contribution in [2.75, 3.05) is 27.2 Å². The molecule has 4 nitrogen and oxygen atoms in total. The van der Waals surface area contributed by atoms with Gasteiger partial charge in [-0.1, -0.05) is 26.0 Å². The van der Waals surface area contributed by atoms with Crippen LogP contribution >= 0.6 is 0 Å². The summed E-state index contributed by atoms with van der Waals surface area (Å²) in [4.78, 5) is 14.3. The Balaban J connectivity index is 2.63. The molecule has 1 aromatic rings. The Morgan fingerprint density at radius 3 is 2.19 bits per heavy atom. The van der Waals surface area contributed by atoms with Crippen molar-refractivity contribution >= 4 is 5.91 Å². The van der Waals surface area contributed by atoms with E-state index < -0.39 is 0 Å². The van der Waals surface area contributed by atoms with Gasteiger partial charge in [-0.25, -0.2) is 0 Å². The molecule has 4 heteroatoms. The molecule has 0 aromatic heterocycles. The Labute approximate surface area is 128 Å². The lowest BCUT2D eigenvalue weighted by molar-refractivity contribution is 0.0851. The number of carbonyl (C=O) groups excluding carboxylic acids is 1. The maximum atomic E-state index is 12.2. The highest BCUT2D eigenvalue weighted by Gasteiger charge is 2.25. The second-order valence-electron chi connectivity index (χ2n) is 5.98. The lowest BCUT2D eigenvalue weighted by atomic mass is 9.83. The van der Waals surface area contributed by atoms with E-state index in [-0.39, 0.29) is 17.9 Å². The van der Waals surface area contributed by atoms with Crippen molar-refractivity contribution in [2.24, 2.45) is 5.41 Å². The number of carbonyl (C=O) groups is 1. The van der Waals surface area contributed by atoms with Gasteiger partial charge in [0.2, 0.25) is 0 Å². The van der Waals surface area contributed by atoms with Crippen LogP contribution < -0.4 is 5.32 Å². The molecule has 1 aromatic carbocycles. The number of hydrogen-bond donors (Lipinski definition) is 2. The second kappa shape index (κ2) is 8.15. The topological polar surface area (TPSA) is 52.6 Å². The maximum absolute atomic E-state index is 12.2. The number of benzene rings is 1. The van der Waals surface area contributed by atoms with Crippen molar-refractivity contribution in [3.63, 3.8) is 0 Å². The molecule has 0 saturated carbocycles. The Morgan fingerprint density at radius 2 is 1.76 bits per heavy atom. The summed E-state index contributed by atoms with van der Waals surface area (Å²) in [7, 11) is 4.04. The van der Waals surface area contributed by atoms with Crippen molar-refractivity contribution in [1.29, 1.82) is 0 Å². The monoisotopic (exact) mass is 292 g/mol. The largest absolute Gasteiger partial charge is 0.396 e. The van der Waals surface area contributed by atoms with Crippen LogP contribution in [0.2, 0.25) is 0 Å².